The van der Waals surface area contributed by atoms with Crippen molar-refractivity contribution in [1.82, 2.24) is 4.98 Å². The van der Waals surface area contributed by atoms with Crippen LogP contribution in [-0.4, -0.2) is 16.1 Å². The van der Waals surface area contributed by atoms with Crippen LogP contribution in [-0.2, 0) is 11.2 Å². The van der Waals surface area contributed by atoms with E-state index in [1.807, 2.05) is 24.3 Å². The van der Waals surface area contributed by atoms with Crippen molar-refractivity contribution in [2.45, 2.75) is 6.42 Å². The summed E-state index contributed by atoms with van der Waals surface area (Å²) >= 11 is 4.85. The van der Waals surface area contributed by atoms with Gasteiger partial charge < -0.3 is 5.11 Å². The summed E-state index contributed by atoms with van der Waals surface area (Å²) in [6.45, 7) is 0. The van der Waals surface area contributed by atoms with Crippen molar-refractivity contribution >= 4 is 33.2 Å². The van der Waals surface area contributed by atoms with Gasteiger partial charge in [0.05, 0.1) is 22.5 Å². The second-order valence-corrected chi connectivity index (χ2v) is 4.98. The Hall–Kier alpha value is -1.20. The van der Waals surface area contributed by atoms with Gasteiger partial charge >= 0.3 is 5.97 Å². The molecule has 16 heavy (non-hydrogen) atoms. The molecule has 0 fully saturated rings. The molecule has 3 nitrogen and oxygen atoms in total. The highest BCUT2D eigenvalue weighted by atomic mass is 79.9. The van der Waals surface area contributed by atoms with Crippen LogP contribution in [0.25, 0.3) is 10.4 Å². The van der Waals surface area contributed by atoms with E-state index in [2.05, 4.69) is 20.9 Å². The van der Waals surface area contributed by atoms with Gasteiger partial charge in [-0.2, -0.15) is 0 Å². The minimum Gasteiger partial charge on any atom is -0.481 e. The van der Waals surface area contributed by atoms with Crippen LogP contribution in [0.1, 0.15) is 5.69 Å². The molecule has 0 aliphatic rings. The number of rotatable bonds is 3. The van der Waals surface area contributed by atoms with E-state index >= 15 is 0 Å². The Morgan fingerprint density at radius 2 is 2.31 bits per heavy atom. The zero-order chi connectivity index (χ0) is 11.5. The number of hydrogen-bond donors (Lipinski definition) is 1. The van der Waals surface area contributed by atoms with Gasteiger partial charge in [-0.15, -0.1) is 11.3 Å². The van der Waals surface area contributed by atoms with Crippen molar-refractivity contribution in [3.05, 3.63) is 39.9 Å². The molecule has 1 heterocycles. The highest BCUT2D eigenvalue weighted by Gasteiger charge is 2.11. The Balaban J connectivity index is 2.40. The van der Waals surface area contributed by atoms with Crippen LogP contribution in [0.5, 0.6) is 0 Å². The lowest BCUT2D eigenvalue weighted by Crippen LogP contribution is -2.01. The van der Waals surface area contributed by atoms with E-state index in [0.717, 1.165) is 14.9 Å². The van der Waals surface area contributed by atoms with E-state index in [9.17, 15) is 4.79 Å². The zero-order valence-electron chi connectivity index (χ0n) is 8.18. The highest BCUT2D eigenvalue weighted by molar-refractivity contribution is 9.10. The number of carboxylic acids is 1. The van der Waals surface area contributed by atoms with Crippen LogP contribution in [0.4, 0.5) is 0 Å². The first-order valence-corrected chi connectivity index (χ1v) is 6.24. The molecule has 0 radical (unpaired) electrons. The Labute approximate surface area is 105 Å². The summed E-state index contributed by atoms with van der Waals surface area (Å²) in [5, 5.41) is 8.77. The van der Waals surface area contributed by atoms with Crippen molar-refractivity contribution in [3.8, 4) is 10.4 Å². The fourth-order valence-corrected chi connectivity index (χ4v) is 2.61. The summed E-state index contributed by atoms with van der Waals surface area (Å²) in [6.07, 6.45) is -0.0364. The second-order valence-electron chi connectivity index (χ2n) is 3.21. The standard InChI is InChI=1S/C11H8BrNO2S/c12-8-3-1-2-7(4-8)11-9(5-10(14)15)13-6-16-11/h1-4,6H,5H2,(H,14,15). The number of nitrogens with zero attached hydrogens (tertiary/aromatic N) is 1. The number of aliphatic carboxylic acids is 1. The molecule has 0 unspecified atom stereocenters. The molecule has 0 atom stereocenters. The van der Waals surface area contributed by atoms with E-state index in [4.69, 9.17) is 5.11 Å². The van der Waals surface area contributed by atoms with Crippen LogP contribution < -0.4 is 0 Å². The molecular weight excluding hydrogens is 290 g/mol. The molecule has 0 spiro atoms. The van der Waals surface area contributed by atoms with Crippen LogP contribution in [0.2, 0.25) is 0 Å². The molecule has 1 aromatic carbocycles. The Kier molecular flexibility index (Phi) is 3.36. The normalized spacial score (nSPS) is 10.3. The number of thiazole rings is 1. The predicted octanol–water partition coefficient (Wildman–Crippen LogP) is 3.20. The molecule has 0 saturated heterocycles. The Morgan fingerprint density at radius 1 is 1.50 bits per heavy atom. The maximum atomic E-state index is 10.7. The Morgan fingerprint density at radius 3 is 3.00 bits per heavy atom. The lowest BCUT2D eigenvalue weighted by molar-refractivity contribution is -0.136. The van der Waals surface area contributed by atoms with Crippen molar-refractivity contribution in [1.29, 1.82) is 0 Å². The molecule has 0 aliphatic carbocycles. The molecule has 2 rings (SSSR count). The fourth-order valence-electron chi connectivity index (χ4n) is 1.40. The average molecular weight is 298 g/mol. The smallest absolute Gasteiger partial charge is 0.309 e. The number of hydrogen-bond acceptors (Lipinski definition) is 3. The number of halogens is 1. The number of benzene rings is 1. The number of aromatic nitrogens is 1. The minimum atomic E-state index is -0.859. The van der Waals surface area contributed by atoms with Crippen molar-refractivity contribution in [3.63, 3.8) is 0 Å². The van der Waals surface area contributed by atoms with E-state index in [0.29, 0.717) is 5.69 Å². The average Bonchev–Trinajstić information content (AvgIpc) is 2.65. The third-order valence-corrected chi connectivity index (χ3v) is 3.46. The molecule has 1 N–H and O–H groups in total. The molecular formula is C11H8BrNO2S. The van der Waals surface area contributed by atoms with Gasteiger partial charge in [0.1, 0.15) is 0 Å². The minimum absolute atomic E-state index is 0.0364. The third kappa shape index (κ3) is 2.48. The monoisotopic (exact) mass is 297 g/mol. The Bertz CT molecular complexity index is 524. The van der Waals surface area contributed by atoms with Crippen LogP contribution in [0.15, 0.2) is 34.2 Å². The van der Waals surface area contributed by atoms with E-state index in [1.54, 1.807) is 5.51 Å². The van der Waals surface area contributed by atoms with Crippen LogP contribution >= 0.6 is 27.3 Å². The zero-order valence-corrected chi connectivity index (χ0v) is 10.6. The van der Waals surface area contributed by atoms with E-state index in [1.165, 1.54) is 11.3 Å². The predicted molar refractivity (Wildman–Crippen MR) is 66.6 cm³/mol. The summed E-state index contributed by atoms with van der Waals surface area (Å²) in [4.78, 5) is 15.7. The summed E-state index contributed by atoms with van der Waals surface area (Å²) in [7, 11) is 0. The van der Waals surface area contributed by atoms with E-state index in [-0.39, 0.29) is 6.42 Å². The van der Waals surface area contributed by atoms with Crippen molar-refractivity contribution < 1.29 is 9.90 Å². The molecule has 1 aromatic heterocycles. The van der Waals surface area contributed by atoms with Crippen LogP contribution in [0, 0.1) is 0 Å². The van der Waals surface area contributed by atoms with Gasteiger partial charge in [-0.05, 0) is 17.7 Å². The summed E-state index contributed by atoms with van der Waals surface area (Å²) in [5.74, 6) is -0.859. The highest BCUT2D eigenvalue weighted by Crippen LogP contribution is 2.29. The summed E-state index contributed by atoms with van der Waals surface area (Å²) < 4.78 is 0.972. The van der Waals surface area contributed by atoms with Gasteiger partial charge in [-0.25, -0.2) is 4.98 Å². The van der Waals surface area contributed by atoms with Crippen LogP contribution in [0.3, 0.4) is 0 Å². The molecule has 0 saturated carbocycles. The van der Waals surface area contributed by atoms with Gasteiger partial charge in [0.15, 0.2) is 0 Å². The molecule has 82 valence electrons. The molecule has 0 bridgehead atoms. The summed E-state index contributed by atoms with van der Waals surface area (Å²) in [6, 6.07) is 7.76. The number of carboxylic acid groups (broad SMARTS) is 1. The third-order valence-electron chi connectivity index (χ3n) is 2.05. The van der Waals surface area contributed by atoms with Crippen molar-refractivity contribution in [2.75, 3.05) is 0 Å². The maximum Gasteiger partial charge on any atom is 0.309 e. The second kappa shape index (κ2) is 4.76. The first kappa shape index (κ1) is 11.3. The lowest BCUT2D eigenvalue weighted by atomic mass is 10.1. The van der Waals surface area contributed by atoms with Gasteiger partial charge in [-0.3, -0.25) is 4.79 Å². The SMILES string of the molecule is O=C(O)Cc1ncsc1-c1cccc(Br)c1. The summed E-state index contributed by atoms with van der Waals surface area (Å²) in [5.41, 5.74) is 3.29. The van der Waals surface area contributed by atoms with Crippen molar-refractivity contribution in [2.24, 2.45) is 0 Å². The van der Waals surface area contributed by atoms with Gasteiger partial charge in [-0.1, -0.05) is 28.1 Å². The fraction of sp³-hybridized carbons (Fsp3) is 0.0909. The number of carbonyl (C=O) groups is 1. The molecule has 0 amide bonds. The molecule has 2 aromatic rings. The maximum absolute atomic E-state index is 10.7. The lowest BCUT2D eigenvalue weighted by Gasteiger charge is -2.01. The first-order chi connectivity index (χ1) is 7.66. The first-order valence-electron chi connectivity index (χ1n) is 4.57. The van der Waals surface area contributed by atoms with Gasteiger partial charge in [0.2, 0.25) is 0 Å². The van der Waals surface area contributed by atoms with Gasteiger partial charge in [0, 0.05) is 4.47 Å². The van der Waals surface area contributed by atoms with E-state index < -0.39 is 5.97 Å². The van der Waals surface area contributed by atoms with Gasteiger partial charge in [0.25, 0.3) is 0 Å². The molecule has 5 heteroatoms. The largest absolute Gasteiger partial charge is 0.481 e. The quantitative estimate of drug-likeness (QED) is 0.946. The molecule has 0 aliphatic heterocycles. The topological polar surface area (TPSA) is 50.2 Å².